The zero-order valence-corrected chi connectivity index (χ0v) is 16.5. The quantitative estimate of drug-likeness (QED) is 0.436. The molecule has 2 aromatic heterocycles. The van der Waals surface area contributed by atoms with Gasteiger partial charge in [0.15, 0.2) is 5.13 Å². The van der Waals surface area contributed by atoms with Crippen molar-refractivity contribution in [2.75, 3.05) is 4.90 Å². The predicted molar refractivity (Wildman–Crippen MR) is 111 cm³/mol. The number of aromatic nitrogens is 2. The molecule has 7 heteroatoms. The van der Waals surface area contributed by atoms with E-state index < -0.39 is 5.82 Å². The van der Waals surface area contributed by atoms with Gasteiger partial charge < -0.3 is 0 Å². The van der Waals surface area contributed by atoms with Gasteiger partial charge in [-0.25, -0.2) is 9.37 Å². The van der Waals surface area contributed by atoms with E-state index in [0.717, 1.165) is 21.8 Å². The van der Waals surface area contributed by atoms with Crippen LogP contribution < -0.4 is 4.90 Å². The number of rotatable bonds is 4. The first kappa shape index (κ1) is 18.5. The molecule has 2 aromatic carbocycles. The van der Waals surface area contributed by atoms with Gasteiger partial charge in [0.25, 0.3) is 5.91 Å². The topological polar surface area (TPSA) is 46.1 Å². The van der Waals surface area contributed by atoms with Gasteiger partial charge in [0, 0.05) is 6.20 Å². The normalized spacial score (nSPS) is 11.0. The van der Waals surface area contributed by atoms with E-state index in [2.05, 4.69) is 9.97 Å². The average Bonchev–Trinajstić information content (AvgIpc) is 3.12. The number of fused-ring (bicyclic) bond motifs is 1. The van der Waals surface area contributed by atoms with Crippen molar-refractivity contribution >= 4 is 44.2 Å². The number of para-hydroxylation sites is 1. The Bertz CT molecular complexity index is 1160. The second-order valence-electron chi connectivity index (χ2n) is 6.25. The maximum absolute atomic E-state index is 13.4. The van der Waals surface area contributed by atoms with Crippen molar-refractivity contribution < 1.29 is 9.18 Å². The summed E-state index contributed by atoms with van der Waals surface area (Å²) in [5, 5.41) is 0.605. The highest BCUT2D eigenvalue weighted by molar-refractivity contribution is 7.22. The van der Waals surface area contributed by atoms with Crippen LogP contribution in [0.4, 0.5) is 9.52 Å². The van der Waals surface area contributed by atoms with Crippen molar-refractivity contribution in [1.29, 1.82) is 0 Å². The minimum Gasteiger partial charge on any atom is -0.278 e. The van der Waals surface area contributed by atoms with Crippen LogP contribution in [-0.4, -0.2) is 15.9 Å². The molecule has 0 N–H and O–H groups in total. The van der Waals surface area contributed by atoms with Crippen LogP contribution in [-0.2, 0) is 6.54 Å². The smallest absolute Gasteiger partial charge is 0.261 e. The second-order valence-corrected chi connectivity index (χ2v) is 7.67. The number of carbonyl (C=O) groups is 1. The largest absolute Gasteiger partial charge is 0.278 e. The fraction of sp³-hybridized carbons (Fsp3) is 0.0952. The van der Waals surface area contributed by atoms with Crippen LogP contribution in [0.2, 0.25) is 5.02 Å². The summed E-state index contributed by atoms with van der Waals surface area (Å²) in [4.78, 5) is 23.8. The lowest BCUT2D eigenvalue weighted by atomic mass is 10.2. The number of aryl methyl sites for hydroxylation is 1. The fourth-order valence-corrected chi connectivity index (χ4v) is 4.17. The summed E-state index contributed by atoms with van der Waals surface area (Å²) in [6.07, 6.45) is 1.67. The summed E-state index contributed by atoms with van der Waals surface area (Å²) in [7, 11) is 0. The van der Waals surface area contributed by atoms with E-state index >= 15 is 0 Å². The van der Waals surface area contributed by atoms with Crippen LogP contribution in [0, 0.1) is 12.7 Å². The summed E-state index contributed by atoms with van der Waals surface area (Å²) in [5.74, 6) is -0.846. The van der Waals surface area contributed by atoms with Crippen LogP contribution in [0.25, 0.3) is 10.2 Å². The molecule has 0 aliphatic heterocycles. The first-order valence-corrected chi connectivity index (χ1v) is 9.75. The van der Waals surface area contributed by atoms with Gasteiger partial charge >= 0.3 is 0 Å². The minimum absolute atomic E-state index is 0.0633. The Morgan fingerprint density at radius 3 is 2.75 bits per heavy atom. The standard InChI is InChI=1S/C21H15ClFN3OS/c1-13-5-4-7-18-19(13)25-21(28-18)26(12-15-6-2-3-10-24-15)20(27)16-9-8-14(23)11-17(16)22/h2-11H,12H2,1H3. The van der Waals surface area contributed by atoms with Gasteiger partial charge in [-0.05, 0) is 48.9 Å². The van der Waals surface area contributed by atoms with Gasteiger partial charge in [0.1, 0.15) is 5.82 Å². The molecule has 0 bridgehead atoms. The number of halogens is 2. The van der Waals surface area contributed by atoms with Gasteiger partial charge in [0.2, 0.25) is 0 Å². The van der Waals surface area contributed by atoms with Gasteiger partial charge in [-0.2, -0.15) is 0 Å². The molecule has 0 spiro atoms. The summed E-state index contributed by atoms with van der Waals surface area (Å²) in [6.45, 7) is 2.21. The molecule has 4 aromatic rings. The van der Waals surface area contributed by atoms with E-state index in [-0.39, 0.29) is 23.0 Å². The molecular weight excluding hydrogens is 397 g/mol. The molecule has 0 atom stereocenters. The third-order valence-corrected chi connectivity index (χ3v) is 5.65. The van der Waals surface area contributed by atoms with Crippen LogP contribution in [0.1, 0.15) is 21.6 Å². The maximum atomic E-state index is 13.4. The molecule has 0 radical (unpaired) electrons. The Balaban J connectivity index is 1.80. The molecule has 1 amide bonds. The van der Waals surface area contributed by atoms with Gasteiger partial charge in [-0.15, -0.1) is 0 Å². The van der Waals surface area contributed by atoms with Crippen molar-refractivity contribution in [1.82, 2.24) is 9.97 Å². The van der Waals surface area contributed by atoms with Gasteiger partial charge in [-0.3, -0.25) is 14.7 Å². The number of hydrogen-bond donors (Lipinski definition) is 0. The van der Waals surface area contributed by atoms with E-state index in [0.29, 0.717) is 10.8 Å². The third kappa shape index (κ3) is 3.61. The van der Waals surface area contributed by atoms with Crippen molar-refractivity contribution in [2.45, 2.75) is 13.5 Å². The predicted octanol–water partition coefficient (Wildman–Crippen LogP) is 5.64. The number of carbonyl (C=O) groups excluding carboxylic acids is 1. The molecule has 0 saturated carbocycles. The minimum atomic E-state index is -0.492. The molecule has 2 heterocycles. The third-order valence-electron chi connectivity index (χ3n) is 4.29. The Hall–Kier alpha value is -2.83. The highest BCUT2D eigenvalue weighted by Crippen LogP contribution is 2.33. The summed E-state index contributed by atoms with van der Waals surface area (Å²) in [6, 6.07) is 15.2. The molecule has 0 aliphatic rings. The molecule has 140 valence electrons. The highest BCUT2D eigenvalue weighted by Gasteiger charge is 2.24. The van der Waals surface area contributed by atoms with Crippen LogP contribution in [0.5, 0.6) is 0 Å². The Kier molecular flexibility index (Phi) is 5.07. The highest BCUT2D eigenvalue weighted by atomic mass is 35.5. The number of amides is 1. The number of pyridine rings is 1. The van der Waals surface area contributed by atoms with Crippen molar-refractivity contribution in [3.8, 4) is 0 Å². The van der Waals surface area contributed by atoms with Crippen molar-refractivity contribution in [3.63, 3.8) is 0 Å². The lowest BCUT2D eigenvalue weighted by molar-refractivity contribution is 0.0985. The van der Waals surface area contributed by atoms with E-state index in [9.17, 15) is 9.18 Å². The molecule has 4 nitrogen and oxygen atoms in total. The summed E-state index contributed by atoms with van der Waals surface area (Å²) >= 11 is 7.56. The Labute approximate surface area is 170 Å². The molecular formula is C21H15ClFN3OS. The monoisotopic (exact) mass is 411 g/mol. The van der Waals surface area contributed by atoms with Gasteiger partial charge in [0.05, 0.1) is 33.0 Å². The molecule has 0 saturated heterocycles. The van der Waals surface area contributed by atoms with E-state index in [1.165, 1.54) is 28.4 Å². The molecule has 4 rings (SSSR count). The van der Waals surface area contributed by atoms with E-state index in [4.69, 9.17) is 11.6 Å². The fourth-order valence-electron chi connectivity index (χ4n) is 2.88. The van der Waals surface area contributed by atoms with Crippen LogP contribution >= 0.6 is 22.9 Å². The Morgan fingerprint density at radius 2 is 2.04 bits per heavy atom. The van der Waals surface area contributed by atoms with Crippen LogP contribution in [0.15, 0.2) is 60.8 Å². The lowest BCUT2D eigenvalue weighted by Crippen LogP contribution is -2.31. The maximum Gasteiger partial charge on any atom is 0.261 e. The molecule has 0 aliphatic carbocycles. The number of hydrogen-bond acceptors (Lipinski definition) is 4. The molecule has 0 fully saturated rings. The van der Waals surface area contributed by atoms with Crippen molar-refractivity contribution in [3.05, 3.63) is 88.5 Å². The van der Waals surface area contributed by atoms with Gasteiger partial charge in [-0.1, -0.05) is 41.1 Å². The number of thiazole rings is 1. The number of benzene rings is 2. The lowest BCUT2D eigenvalue weighted by Gasteiger charge is -2.20. The SMILES string of the molecule is Cc1cccc2sc(N(Cc3ccccn3)C(=O)c3ccc(F)cc3Cl)nc12. The first-order chi connectivity index (χ1) is 13.5. The zero-order chi connectivity index (χ0) is 19.7. The number of nitrogens with zero attached hydrogens (tertiary/aromatic N) is 3. The average molecular weight is 412 g/mol. The van der Waals surface area contributed by atoms with Crippen LogP contribution in [0.3, 0.4) is 0 Å². The van der Waals surface area contributed by atoms with Crippen molar-refractivity contribution in [2.24, 2.45) is 0 Å². The first-order valence-electron chi connectivity index (χ1n) is 8.56. The van der Waals surface area contributed by atoms with E-state index in [1.807, 2.05) is 43.3 Å². The molecule has 28 heavy (non-hydrogen) atoms. The second kappa shape index (κ2) is 7.66. The zero-order valence-electron chi connectivity index (χ0n) is 14.9. The Morgan fingerprint density at radius 1 is 1.18 bits per heavy atom. The summed E-state index contributed by atoms with van der Waals surface area (Å²) < 4.78 is 14.4. The molecule has 0 unspecified atom stereocenters. The number of anilines is 1. The van der Waals surface area contributed by atoms with E-state index in [1.54, 1.807) is 6.20 Å². The summed E-state index contributed by atoms with van der Waals surface area (Å²) in [5.41, 5.74) is 2.82.